The first kappa shape index (κ1) is 36.6. The van der Waals surface area contributed by atoms with Crippen LogP contribution in [0.1, 0.15) is 46.9 Å². The fourth-order valence-electron chi connectivity index (χ4n) is 6.70. The maximum absolute atomic E-state index is 6.01. The fourth-order valence-corrected chi connectivity index (χ4v) is 12.8. The summed E-state index contributed by atoms with van der Waals surface area (Å²) in [5, 5.41) is 0. The van der Waals surface area contributed by atoms with Crippen LogP contribution in [-0.4, -0.2) is 0 Å². The van der Waals surface area contributed by atoms with Crippen LogP contribution in [0, 0.1) is 0 Å². The molecule has 0 atom stereocenters. The van der Waals surface area contributed by atoms with E-state index in [0.29, 0.717) is 11.8 Å². The topological polar surface area (TPSA) is 0 Å². The molecule has 0 N–H and O–H groups in total. The maximum atomic E-state index is 6.01. The van der Waals surface area contributed by atoms with Gasteiger partial charge >= 0.3 is 126 Å². The summed E-state index contributed by atoms with van der Waals surface area (Å²) in [7, 11) is 12.0. The summed E-state index contributed by atoms with van der Waals surface area (Å²) in [6.45, 7) is 0. The number of benzene rings is 4. The number of hydrogen-bond acceptors (Lipinski definition) is 0. The molecule has 0 amide bonds. The third kappa shape index (κ3) is 7.91. The summed E-state index contributed by atoms with van der Waals surface area (Å²) in [6.07, 6.45) is 15.2. The Bertz CT molecular complexity index is 1580. The van der Waals surface area contributed by atoms with E-state index in [2.05, 4.69) is 137 Å². The second-order valence-electron chi connectivity index (χ2n) is 11.8. The van der Waals surface area contributed by atoms with Gasteiger partial charge in [-0.3, -0.25) is 0 Å². The molecule has 8 rings (SSSR count). The van der Waals surface area contributed by atoms with Gasteiger partial charge in [0.05, 0.1) is 0 Å². The van der Waals surface area contributed by atoms with E-state index in [9.17, 15) is 0 Å². The van der Waals surface area contributed by atoms with Crippen LogP contribution in [-0.2, 0) is 39.6 Å². The molecule has 0 fully saturated rings. The van der Waals surface area contributed by atoms with E-state index < -0.39 is 39.6 Å². The molecule has 0 unspecified atom stereocenters. The molecule has 4 aliphatic carbocycles. The summed E-state index contributed by atoms with van der Waals surface area (Å²) in [4.78, 5) is 0. The zero-order valence-corrected chi connectivity index (χ0v) is 33.7. The predicted octanol–water partition coefficient (Wildman–Crippen LogP) is 6.50. The molecule has 4 aliphatic rings. The van der Waals surface area contributed by atoms with Crippen LogP contribution in [0.3, 0.4) is 0 Å². The molecular weight excluding hydrogens is 793 g/mol. The second kappa shape index (κ2) is 16.2. The van der Waals surface area contributed by atoms with Crippen molar-refractivity contribution in [2.75, 3.05) is 0 Å². The third-order valence-corrected chi connectivity index (χ3v) is 19.5. The third-order valence-electron chi connectivity index (χ3n) is 8.85. The van der Waals surface area contributed by atoms with E-state index in [1.807, 2.05) is 10.7 Å². The van der Waals surface area contributed by atoms with Gasteiger partial charge in [-0.1, -0.05) is 97.1 Å². The summed E-state index contributed by atoms with van der Waals surface area (Å²) in [5.74, 6) is 0.763. The average Bonchev–Trinajstić information content (AvgIpc) is 3.83. The average molecular weight is 830 g/mol. The largest absolute Gasteiger partial charge is 1.00 e. The van der Waals surface area contributed by atoms with Crippen molar-refractivity contribution in [3.05, 3.63) is 162 Å². The van der Waals surface area contributed by atoms with Gasteiger partial charge in [0.15, 0.2) is 0 Å². The van der Waals surface area contributed by atoms with E-state index >= 15 is 0 Å². The zero-order chi connectivity index (χ0) is 30.0. The van der Waals surface area contributed by atoms with Crippen LogP contribution < -0.4 is 24.8 Å². The van der Waals surface area contributed by atoms with Gasteiger partial charge in [-0.2, -0.15) is 0 Å². The second-order valence-corrected chi connectivity index (χ2v) is 34.4. The minimum atomic E-state index is -2.65. The van der Waals surface area contributed by atoms with Crippen LogP contribution in [0.4, 0.5) is 0 Å². The molecule has 4 aromatic carbocycles. The minimum Gasteiger partial charge on any atom is -1.00 e. The number of allylic oxidation sites excluding steroid dienone is 8. The number of hydrogen-bond donors (Lipinski definition) is 0. The molecule has 0 nitrogen and oxygen atoms in total. The standard InChI is InChI=1S/C26H18.2C5H5.3CH3.4ClH.2Zr/c1-5-13-21-17(9-1)18-10-2-6-14-22(18)25(21)26-23-15-7-3-11-19(23)20-12-4-8-16-24(20)26;2*1-2-4-5-3-1;;;;;;;;;/h1-16,25-26H;2*1-3H,4H2;3*1H3;4*1H;;/q;;;;;;;;;;2*+2/p-4. The van der Waals surface area contributed by atoms with Gasteiger partial charge in [0.25, 0.3) is 0 Å². The Morgan fingerprint density at radius 3 is 1.16 bits per heavy atom. The molecule has 0 saturated carbocycles. The smallest absolute Gasteiger partial charge is 0.0211 e. The first-order valence-corrected chi connectivity index (χ1v) is 31.3. The van der Waals surface area contributed by atoms with Gasteiger partial charge in [-0.05, 0) is 44.5 Å². The Kier molecular flexibility index (Phi) is 13.2. The molecule has 229 valence electrons. The van der Waals surface area contributed by atoms with Gasteiger partial charge in [0.1, 0.15) is 0 Å². The summed E-state index contributed by atoms with van der Waals surface area (Å²) < 4.78 is 9.90. The molecule has 0 bridgehead atoms. The normalized spacial score (nSPS) is 15.0. The fraction of sp³-hybridized carbons (Fsp3) is 0.179. The van der Waals surface area contributed by atoms with Crippen molar-refractivity contribution < 1.29 is 64.4 Å². The summed E-state index contributed by atoms with van der Waals surface area (Å²) >= 11 is -3.56. The minimum absolute atomic E-state index is 0. The van der Waals surface area contributed by atoms with Gasteiger partial charge in [-0.15, -0.1) is 0 Å². The number of halogens is 4. The number of fused-ring (bicyclic) bond motifs is 6. The molecule has 0 radical (unpaired) electrons. The Morgan fingerprint density at radius 1 is 0.556 bits per heavy atom. The molecule has 45 heavy (non-hydrogen) atoms. The molecule has 6 heteroatoms. The molecule has 0 heterocycles. The quantitative estimate of drug-likeness (QED) is 0.222. The predicted molar refractivity (Wildman–Crippen MR) is 180 cm³/mol. The van der Waals surface area contributed by atoms with Crippen molar-refractivity contribution in [2.45, 2.75) is 38.6 Å². The van der Waals surface area contributed by atoms with Crippen LogP contribution >= 0.6 is 17.0 Å². The molecule has 0 aromatic heterocycles. The van der Waals surface area contributed by atoms with Crippen molar-refractivity contribution in [2.24, 2.45) is 0 Å². The molecule has 0 aliphatic heterocycles. The molecule has 4 aromatic rings. The van der Waals surface area contributed by atoms with Crippen molar-refractivity contribution >= 4 is 17.0 Å². The number of rotatable bonds is 3. The Labute approximate surface area is 301 Å². The van der Waals surface area contributed by atoms with Crippen molar-refractivity contribution in [3.8, 4) is 22.3 Å². The van der Waals surface area contributed by atoms with E-state index in [4.69, 9.17) is 17.0 Å². The Balaban J connectivity index is 0.000000201. The maximum Gasteiger partial charge on any atom is 0.0211 e. The van der Waals surface area contributed by atoms with Crippen molar-refractivity contribution in [1.29, 1.82) is 0 Å². The van der Waals surface area contributed by atoms with Gasteiger partial charge in [0, 0.05) is 11.8 Å². The SMILES string of the molecule is [CH3][Zr+2]([CH3])[C]1=CC=CC1.[CH3][Zr]([Cl])([Cl])[C]1=CC=CC1.[Cl-].[Cl-].c1ccc2c(c1)-c1ccccc1C2C1c2ccccc2-c2ccccc21. The van der Waals surface area contributed by atoms with Crippen LogP contribution in [0.25, 0.3) is 22.3 Å². The zero-order valence-electron chi connectivity index (χ0n) is 25.8. The summed E-state index contributed by atoms with van der Waals surface area (Å²) in [6, 6.07) is 35.8. The Morgan fingerprint density at radius 2 is 0.911 bits per heavy atom. The van der Waals surface area contributed by atoms with E-state index in [-0.39, 0.29) is 24.8 Å². The van der Waals surface area contributed by atoms with Crippen molar-refractivity contribution in [1.82, 2.24) is 0 Å². The van der Waals surface area contributed by atoms with E-state index in [1.165, 1.54) is 54.2 Å². The Hall–Kier alpha value is -1.23. The van der Waals surface area contributed by atoms with E-state index in [1.54, 1.807) is 3.28 Å². The molecule has 0 spiro atoms. The first-order chi connectivity index (χ1) is 20.8. The van der Waals surface area contributed by atoms with Crippen LogP contribution in [0.2, 0.25) is 13.9 Å². The van der Waals surface area contributed by atoms with Crippen LogP contribution in [0.15, 0.2) is 140 Å². The van der Waals surface area contributed by atoms with Gasteiger partial charge in [-0.25, -0.2) is 0 Å². The molecular formula is C39H37Cl4Zr2. The first-order valence-electron chi connectivity index (χ1n) is 15.1. The van der Waals surface area contributed by atoms with Crippen LogP contribution in [0.5, 0.6) is 0 Å². The monoisotopic (exact) mass is 825 g/mol. The summed E-state index contributed by atoms with van der Waals surface area (Å²) in [5.41, 5.74) is 11.4. The van der Waals surface area contributed by atoms with Gasteiger partial charge < -0.3 is 24.8 Å². The molecule has 0 saturated heterocycles. The van der Waals surface area contributed by atoms with E-state index in [0.717, 1.165) is 6.42 Å². The van der Waals surface area contributed by atoms with Gasteiger partial charge in [0.2, 0.25) is 0 Å². The van der Waals surface area contributed by atoms with Crippen molar-refractivity contribution in [3.63, 3.8) is 0 Å².